The number of hydrogen-bond acceptors (Lipinski definition) is 4. The van der Waals surface area contributed by atoms with Gasteiger partial charge >= 0.3 is 0 Å². The molecular formula is C17H23N3S. The summed E-state index contributed by atoms with van der Waals surface area (Å²) in [6.07, 6.45) is 6.45. The first-order chi connectivity index (χ1) is 10.1. The van der Waals surface area contributed by atoms with E-state index in [9.17, 15) is 0 Å². The summed E-state index contributed by atoms with van der Waals surface area (Å²) in [6.45, 7) is 9.02. The van der Waals surface area contributed by atoms with Gasteiger partial charge in [0.25, 0.3) is 0 Å². The van der Waals surface area contributed by atoms with Crippen molar-refractivity contribution in [2.75, 3.05) is 13.1 Å². The summed E-state index contributed by atoms with van der Waals surface area (Å²) in [7, 11) is 0. The van der Waals surface area contributed by atoms with Crippen LogP contribution >= 0.6 is 11.3 Å². The lowest BCUT2D eigenvalue weighted by molar-refractivity contribution is 0.166. The number of pyridine rings is 1. The molecular weight excluding hydrogens is 278 g/mol. The van der Waals surface area contributed by atoms with Gasteiger partial charge in [0.15, 0.2) is 0 Å². The molecule has 1 aliphatic rings. The summed E-state index contributed by atoms with van der Waals surface area (Å²) < 4.78 is 0. The van der Waals surface area contributed by atoms with Crippen LogP contribution < -0.4 is 0 Å². The number of thiazole rings is 1. The standard InChI is InChI=1S/C17H23N3S/c1-12(2)20-8-4-5-15(11-20)16-7-6-14(10-18-16)17-19-9-13(3)21-17/h6-7,9-10,12,15H,4-5,8,11H2,1-3H3/t15-/m0/s1. The molecule has 0 bridgehead atoms. The molecule has 0 N–H and O–H groups in total. The van der Waals surface area contributed by atoms with Gasteiger partial charge in [0.05, 0.1) is 0 Å². The maximum atomic E-state index is 4.72. The Bertz CT molecular complexity index is 588. The Kier molecular flexibility index (Phi) is 4.36. The van der Waals surface area contributed by atoms with E-state index in [0.717, 1.165) is 17.1 Å². The number of nitrogens with zero attached hydrogens (tertiary/aromatic N) is 3. The lowest BCUT2D eigenvalue weighted by atomic mass is 9.93. The molecule has 0 spiro atoms. The summed E-state index contributed by atoms with van der Waals surface area (Å²) in [6, 6.07) is 5.00. The number of likely N-dealkylation sites (tertiary alicyclic amines) is 1. The summed E-state index contributed by atoms with van der Waals surface area (Å²) in [4.78, 5) is 13.0. The van der Waals surface area contributed by atoms with E-state index in [1.54, 1.807) is 11.3 Å². The quantitative estimate of drug-likeness (QED) is 0.854. The molecule has 3 heterocycles. The average Bonchev–Trinajstić information content (AvgIpc) is 2.94. The fourth-order valence-electron chi connectivity index (χ4n) is 2.98. The predicted octanol–water partition coefficient (Wildman–Crippen LogP) is 4.10. The van der Waals surface area contributed by atoms with Crippen LogP contribution in [0.4, 0.5) is 0 Å². The predicted molar refractivity (Wildman–Crippen MR) is 88.8 cm³/mol. The zero-order chi connectivity index (χ0) is 14.8. The van der Waals surface area contributed by atoms with Gasteiger partial charge in [-0.3, -0.25) is 4.98 Å². The van der Waals surface area contributed by atoms with E-state index in [-0.39, 0.29) is 0 Å². The highest BCUT2D eigenvalue weighted by molar-refractivity contribution is 7.14. The van der Waals surface area contributed by atoms with Gasteiger partial charge in [0.1, 0.15) is 5.01 Å². The van der Waals surface area contributed by atoms with Gasteiger partial charge in [-0.1, -0.05) is 0 Å². The number of piperidine rings is 1. The van der Waals surface area contributed by atoms with Crippen molar-refractivity contribution >= 4 is 11.3 Å². The van der Waals surface area contributed by atoms with Crippen molar-refractivity contribution in [2.45, 2.75) is 45.6 Å². The van der Waals surface area contributed by atoms with Gasteiger partial charge in [0.2, 0.25) is 0 Å². The van der Waals surface area contributed by atoms with E-state index in [1.807, 2.05) is 12.4 Å². The van der Waals surface area contributed by atoms with Crippen LogP contribution in [0.1, 0.15) is 43.2 Å². The minimum atomic E-state index is 0.577. The summed E-state index contributed by atoms with van der Waals surface area (Å²) in [5.41, 5.74) is 2.37. The maximum Gasteiger partial charge on any atom is 0.125 e. The first kappa shape index (κ1) is 14.7. The summed E-state index contributed by atoms with van der Waals surface area (Å²) in [5, 5.41) is 1.07. The van der Waals surface area contributed by atoms with Gasteiger partial charge in [-0.2, -0.15) is 0 Å². The van der Waals surface area contributed by atoms with Crippen LogP contribution in [0.3, 0.4) is 0 Å². The number of aryl methyl sites for hydroxylation is 1. The largest absolute Gasteiger partial charge is 0.300 e. The van der Waals surface area contributed by atoms with Crippen LogP contribution in [0.2, 0.25) is 0 Å². The van der Waals surface area contributed by atoms with Gasteiger partial charge in [-0.15, -0.1) is 11.3 Å². The van der Waals surface area contributed by atoms with Crippen molar-refractivity contribution in [1.29, 1.82) is 0 Å². The lowest BCUT2D eigenvalue weighted by Gasteiger charge is -2.35. The Hall–Kier alpha value is -1.26. The molecule has 4 heteroatoms. The Labute approximate surface area is 131 Å². The van der Waals surface area contributed by atoms with Crippen LogP contribution in [0, 0.1) is 6.92 Å². The third-order valence-corrected chi connectivity index (χ3v) is 5.22. The van der Waals surface area contributed by atoms with E-state index in [0.29, 0.717) is 12.0 Å². The molecule has 0 unspecified atom stereocenters. The van der Waals surface area contributed by atoms with E-state index in [2.05, 4.69) is 42.8 Å². The minimum absolute atomic E-state index is 0.577. The fraction of sp³-hybridized carbons (Fsp3) is 0.529. The minimum Gasteiger partial charge on any atom is -0.300 e. The number of aromatic nitrogens is 2. The van der Waals surface area contributed by atoms with E-state index < -0.39 is 0 Å². The highest BCUT2D eigenvalue weighted by atomic mass is 32.1. The highest BCUT2D eigenvalue weighted by Crippen LogP contribution is 2.29. The molecule has 112 valence electrons. The first-order valence-corrected chi connectivity index (χ1v) is 8.58. The molecule has 0 amide bonds. The molecule has 1 saturated heterocycles. The Balaban J connectivity index is 1.74. The molecule has 0 radical (unpaired) electrons. The molecule has 3 nitrogen and oxygen atoms in total. The van der Waals surface area contributed by atoms with Crippen LogP contribution in [0.25, 0.3) is 10.6 Å². The second kappa shape index (κ2) is 6.24. The van der Waals surface area contributed by atoms with Crippen molar-refractivity contribution in [2.24, 2.45) is 0 Å². The Morgan fingerprint density at radius 2 is 2.10 bits per heavy atom. The maximum absolute atomic E-state index is 4.72. The molecule has 1 fully saturated rings. The van der Waals surface area contributed by atoms with Crippen LogP contribution in [0.5, 0.6) is 0 Å². The molecule has 2 aromatic rings. The van der Waals surface area contributed by atoms with Gasteiger partial charge in [0, 0.05) is 47.0 Å². The average molecular weight is 301 g/mol. The molecule has 0 aliphatic carbocycles. The normalized spacial score (nSPS) is 20.1. The van der Waals surface area contributed by atoms with Gasteiger partial charge < -0.3 is 4.90 Å². The van der Waals surface area contributed by atoms with Crippen molar-refractivity contribution < 1.29 is 0 Å². The Morgan fingerprint density at radius 1 is 1.24 bits per heavy atom. The molecule has 2 aromatic heterocycles. The van der Waals surface area contributed by atoms with Crippen LogP contribution in [0.15, 0.2) is 24.5 Å². The summed E-state index contributed by atoms with van der Waals surface area (Å²) >= 11 is 1.73. The van der Waals surface area contributed by atoms with E-state index >= 15 is 0 Å². The second-order valence-corrected chi connectivity index (χ2v) is 7.41. The monoisotopic (exact) mass is 301 g/mol. The van der Waals surface area contributed by atoms with E-state index in [4.69, 9.17) is 4.98 Å². The SMILES string of the molecule is Cc1cnc(-c2ccc([C@H]3CCCN(C(C)C)C3)nc2)s1. The van der Waals surface area contributed by atoms with Crippen molar-refractivity contribution in [3.8, 4) is 10.6 Å². The van der Waals surface area contributed by atoms with Crippen molar-refractivity contribution in [1.82, 2.24) is 14.9 Å². The smallest absolute Gasteiger partial charge is 0.125 e. The fourth-order valence-corrected chi connectivity index (χ4v) is 3.73. The highest BCUT2D eigenvalue weighted by Gasteiger charge is 2.23. The molecule has 1 atom stereocenters. The van der Waals surface area contributed by atoms with Gasteiger partial charge in [-0.25, -0.2) is 4.98 Å². The first-order valence-electron chi connectivity index (χ1n) is 7.76. The number of rotatable bonds is 3. The lowest BCUT2D eigenvalue weighted by Crippen LogP contribution is -2.39. The summed E-state index contributed by atoms with van der Waals surface area (Å²) in [5.74, 6) is 0.577. The Morgan fingerprint density at radius 3 is 2.71 bits per heavy atom. The molecule has 1 aliphatic heterocycles. The molecule has 0 saturated carbocycles. The topological polar surface area (TPSA) is 29.0 Å². The molecule has 21 heavy (non-hydrogen) atoms. The second-order valence-electron chi connectivity index (χ2n) is 6.18. The van der Waals surface area contributed by atoms with Crippen LogP contribution in [-0.4, -0.2) is 34.0 Å². The van der Waals surface area contributed by atoms with Crippen molar-refractivity contribution in [3.63, 3.8) is 0 Å². The number of hydrogen-bond donors (Lipinski definition) is 0. The van der Waals surface area contributed by atoms with Crippen molar-refractivity contribution in [3.05, 3.63) is 35.1 Å². The zero-order valence-electron chi connectivity index (χ0n) is 13.0. The molecule has 3 rings (SSSR count). The van der Waals surface area contributed by atoms with E-state index in [1.165, 1.54) is 30.0 Å². The van der Waals surface area contributed by atoms with Gasteiger partial charge in [-0.05, 0) is 52.3 Å². The third-order valence-electron chi connectivity index (χ3n) is 4.26. The zero-order valence-corrected chi connectivity index (χ0v) is 13.9. The van der Waals surface area contributed by atoms with Crippen LogP contribution in [-0.2, 0) is 0 Å². The third kappa shape index (κ3) is 3.33. The molecule has 0 aromatic carbocycles.